The van der Waals surface area contributed by atoms with E-state index < -0.39 is 30.2 Å². The Hall–Kier alpha value is -3.87. The Kier molecular flexibility index (Phi) is 6.70. The Bertz CT molecular complexity index is 919. The van der Waals surface area contributed by atoms with Gasteiger partial charge in [0, 0.05) is 11.4 Å². The number of oxime groups is 1. The highest BCUT2D eigenvalue weighted by atomic mass is 19.4. The van der Waals surface area contributed by atoms with E-state index in [1.54, 1.807) is 0 Å². The zero-order valence-electron chi connectivity index (χ0n) is 14.2. The van der Waals surface area contributed by atoms with Gasteiger partial charge in [-0.3, -0.25) is 9.59 Å². The Balaban J connectivity index is 1.78. The maximum absolute atomic E-state index is 12.6. The van der Waals surface area contributed by atoms with Gasteiger partial charge in [-0.25, -0.2) is 0 Å². The number of hydrogen-bond donors (Lipinski definition) is 2. The highest BCUT2D eigenvalue weighted by Crippen LogP contribution is 2.30. The number of carbonyl (C=O) groups excluding carboxylic acids is 2. The molecule has 0 saturated carbocycles. The van der Waals surface area contributed by atoms with Gasteiger partial charge in [0.25, 0.3) is 11.8 Å². The predicted octanol–water partition coefficient (Wildman–Crippen LogP) is 3.16. The Labute approximate surface area is 157 Å². The lowest BCUT2D eigenvalue weighted by Gasteiger charge is -2.08. The lowest BCUT2D eigenvalue weighted by Crippen LogP contribution is -2.18. The number of benzene rings is 2. The molecule has 0 unspecified atom stereocenters. The summed E-state index contributed by atoms with van der Waals surface area (Å²) in [4.78, 5) is 27.9. The van der Waals surface area contributed by atoms with Crippen LogP contribution in [-0.2, 0) is 20.6 Å². The summed E-state index contributed by atoms with van der Waals surface area (Å²) in [6.45, 7) is -0.493. The highest BCUT2D eigenvalue weighted by molar-refractivity contribution is 6.31. The van der Waals surface area contributed by atoms with Crippen molar-refractivity contribution in [3.63, 3.8) is 0 Å². The molecule has 0 radical (unpaired) electrons. The van der Waals surface area contributed by atoms with Gasteiger partial charge in [0.1, 0.15) is 6.21 Å². The van der Waals surface area contributed by atoms with Crippen molar-refractivity contribution in [2.75, 3.05) is 17.2 Å². The zero-order valence-corrected chi connectivity index (χ0v) is 14.2. The number of anilines is 2. The van der Waals surface area contributed by atoms with Crippen LogP contribution in [0.15, 0.2) is 53.7 Å². The van der Waals surface area contributed by atoms with Gasteiger partial charge in [-0.05, 0) is 42.5 Å². The number of nitrogens with one attached hydrogen (secondary N) is 2. The molecule has 10 heteroatoms. The molecule has 2 aromatic rings. The number of rotatable bonds is 6. The topological polar surface area (TPSA) is 104 Å². The van der Waals surface area contributed by atoms with Crippen LogP contribution in [0.3, 0.4) is 0 Å². The summed E-state index contributed by atoms with van der Waals surface area (Å²) in [7, 11) is 0. The second-order valence-corrected chi connectivity index (χ2v) is 5.31. The maximum Gasteiger partial charge on any atom is 0.416 e. The molecule has 0 heterocycles. The third-order valence-electron chi connectivity index (χ3n) is 3.20. The minimum absolute atomic E-state index is 0.0650. The van der Waals surface area contributed by atoms with Crippen molar-refractivity contribution >= 4 is 29.4 Å². The van der Waals surface area contributed by atoms with Crippen molar-refractivity contribution in [3.05, 3.63) is 59.7 Å². The van der Waals surface area contributed by atoms with Gasteiger partial charge in [0.05, 0.1) is 17.2 Å². The molecule has 0 saturated heterocycles. The van der Waals surface area contributed by atoms with E-state index in [4.69, 9.17) is 5.26 Å². The van der Waals surface area contributed by atoms with Crippen LogP contribution in [0.4, 0.5) is 24.5 Å². The maximum atomic E-state index is 12.6. The van der Waals surface area contributed by atoms with Gasteiger partial charge < -0.3 is 15.5 Å². The van der Waals surface area contributed by atoms with E-state index in [-0.39, 0.29) is 5.69 Å². The summed E-state index contributed by atoms with van der Waals surface area (Å²) in [5.74, 6) is -1.38. The molecule has 2 rings (SSSR count). The average Bonchev–Trinajstić information content (AvgIpc) is 2.65. The summed E-state index contributed by atoms with van der Waals surface area (Å²) in [6, 6.07) is 12.1. The van der Waals surface area contributed by atoms with Gasteiger partial charge in [0.2, 0.25) is 0 Å². The normalized spacial score (nSPS) is 10.9. The highest BCUT2D eigenvalue weighted by Gasteiger charge is 2.30. The van der Waals surface area contributed by atoms with Crippen LogP contribution in [0.25, 0.3) is 0 Å². The van der Waals surface area contributed by atoms with Crippen LogP contribution in [0.1, 0.15) is 11.1 Å². The largest absolute Gasteiger partial charge is 0.416 e. The Morgan fingerprint density at radius 2 is 1.82 bits per heavy atom. The minimum atomic E-state index is -4.53. The minimum Gasteiger partial charge on any atom is -0.385 e. The molecule has 0 atom stereocenters. The second-order valence-electron chi connectivity index (χ2n) is 5.31. The van der Waals surface area contributed by atoms with Gasteiger partial charge in [-0.1, -0.05) is 11.2 Å². The molecule has 2 amide bonds. The van der Waals surface area contributed by atoms with Crippen molar-refractivity contribution in [2.45, 2.75) is 6.18 Å². The Morgan fingerprint density at radius 1 is 1.11 bits per heavy atom. The number of halogens is 3. The van der Waals surface area contributed by atoms with Gasteiger partial charge in [-0.15, -0.1) is 0 Å². The van der Waals surface area contributed by atoms with Crippen molar-refractivity contribution in [3.8, 4) is 6.07 Å². The van der Waals surface area contributed by atoms with Crippen molar-refractivity contribution in [1.82, 2.24) is 0 Å². The van der Waals surface area contributed by atoms with Crippen molar-refractivity contribution < 1.29 is 27.6 Å². The lowest BCUT2D eigenvalue weighted by atomic mass is 10.2. The Morgan fingerprint density at radius 3 is 2.46 bits per heavy atom. The first-order chi connectivity index (χ1) is 13.3. The van der Waals surface area contributed by atoms with E-state index in [0.717, 1.165) is 18.2 Å². The summed E-state index contributed by atoms with van der Waals surface area (Å²) >= 11 is 0. The number of amides is 2. The van der Waals surface area contributed by atoms with E-state index in [0.29, 0.717) is 17.5 Å². The fourth-order valence-corrected chi connectivity index (χ4v) is 1.95. The number of carbonyl (C=O) groups is 2. The molecule has 144 valence electrons. The molecule has 0 aliphatic rings. The fourth-order valence-electron chi connectivity index (χ4n) is 1.95. The molecule has 0 aliphatic heterocycles. The van der Waals surface area contributed by atoms with Gasteiger partial charge >= 0.3 is 6.18 Å². The van der Waals surface area contributed by atoms with E-state index in [1.807, 2.05) is 6.07 Å². The van der Waals surface area contributed by atoms with E-state index in [2.05, 4.69) is 20.6 Å². The summed E-state index contributed by atoms with van der Waals surface area (Å²) in [6.07, 6.45) is -3.84. The monoisotopic (exact) mass is 390 g/mol. The third-order valence-corrected chi connectivity index (χ3v) is 3.20. The molecule has 0 spiro atoms. The predicted molar refractivity (Wildman–Crippen MR) is 94.3 cm³/mol. The average molecular weight is 390 g/mol. The van der Waals surface area contributed by atoms with Crippen LogP contribution < -0.4 is 10.6 Å². The van der Waals surface area contributed by atoms with Crippen molar-refractivity contribution in [2.24, 2.45) is 5.16 Å². The number of nitrogens with zero attached hydrogens (tertiary/aromatic N) is 2. The molecule has 28 heavy (non-hydrogen) atoms. The molecule has 0 aromatic heterocycles. The molecule has 0 bridgehead atoms. The van der Waals surface area contributed by atoms with Crippen molar-refractivity contribution in [1.29, 1.82) is 5.26 Å². The quantitative estimate of drug-likeness (QED) is 0.584. The number of hydrogen-bond acceptors (Lipinski definition) is 5. The van der Waals surface area contributed by atoms with Gasteiger partial charge in [0.15, 0.2) is 6.61 Å². The second kappa shape index (κ2) is 9.18. The molecule has 0 aliphatic carbocycles. The molecule has 7 nitrogen and oxygen atoms in total. The van der Waals surface area contributed by atoms with Crippen LogP contribution in [0.2, 0.25) is 0 Å². The first-order valence-corrected chi connectivity index (χ1v) is 7.71. The zero-order chi connectivity index (χ0) is 20.6. The van der Waals surface area contributed by atoms with Crippen LogP contribution in [0.5, 0.6) is 0 Å². The molecule has 2 N–H and O–H groups in total. The fraction of sp³-hybridized carbons (Fsp3) is 0.111. The van der Waals surface area contributed by atoms with Crippen LogP contribution in [0, 0.1) is 11.3 Å². The number of alkyl halides is 3. The van der Waals surface area contributed by atoms with Crippen LogP contribution >= 0.6 is 0 Å². The standard InChI is InChI=1S/C18H13F3N4O3/c19-18(20,21)13-2-1-3-15(8-13)25-16(26)10-23-28-11-17(27)24-14-6-4-12(9-22)5-7-14/h1-8,10H,11H2,(H,24,27)(H,25,26)/b23-10+. The first kappa shape index (κ1) is 20.4. The number of nitriles is 1. The first-order valence-electron chi connectivity index (χ1n) is 7.71. The molecular formula is C18H13F3N4O3. The van der Waals surface area contributed by atoms with Gasteiger partial charge in [-0.2, -0.15) is 18.4 Å². The van der Waals surface area contributed by atoms with Crippen LogP contribution in [-0.4, -0.2) is 24.6 Å². The van der Waals surface area contributed by atoms with E-state index in [9.17, 15) is 22.8 Å². The summed E-state index contributed by atoms with van der Waals surface area (Å²) in [5, 5.41) is 16.7. The molecular weight excluding hydrogens is 377 g/mol. The smallest absolute Gasteiger partial charge is 0.385 e. The lowest BCUT2D eigenvalue weighted by molar-refractivity contribution is -0.137. The SMILES string of the molecule is N#Cc1ccc(NC(=O)CO/N=C/C(=O)Nc2cccc(C(F)(F)F)c2)cc1. The molecule has 2 aromatic carbocycles. The summed E-state index contributed by atoms with van der Waals surface area (Å²) in [5.41, 5.74) is -0.0905. The third kappa shape index (κ3) is 6.45. The summed E-state index contributed by atoms with van der Waals surface area (Å²) < 4.78 is 37.8. The van der Waals surface area contributed by atoms with E-state index in [1.165, 1.54) is 30.3 Å². The van der Waals surface area contributed by atoms with E-state index >= 15 is 0 Å². The molecule has 0 fully saturated rings.